The van der Waals surface area contributed by atoms with Crippen molar-refractivity contribution >= 4 is 0 Å². The fourth-order valence-electron chi connectivity index (χ4n) is 3.84. The van der Waals surface area contributed by atoms with Gasteiger partial charge in [-0.1, -0.05) is 66.7 Å². The summed E-state index contributed by atoms with van der Waals surface area (Å²) in [5.41, 5.74) is 4.39. The third kappa shape index (κ3) is 4.45. The molecule has 0 aliphatic heterocycles. The van der Waals surface area contributed by atoms with Crippen LogP contribution >= 0.6 is 0 Å². The van der Waals surface area contributed by atoms with Gasteiger partial charge in [0.25, 0.3) is 0 Å². The van der Waals surface area contributed by atoms with Crippen LogP contribution in [0.4, 0.5) is 0 Å². The van der Waals surface area contributed by atoms with Crippen LogP contribution < -0.4 is 0 Å². The van der Waals surface area contributed by atoms with Crippen LogP contribution in [0.3, 0.4) is 0 Å². The summed E-state index contributed by atoms with van der Waals surface area (Å²) >= 11 is 0. The molecule has 0 aliphatic rings. The van der Waals surface area contributed by atoms with Gasteiger partial charge in [0.15, 0.2) is 29.1 Å². The number of aromatic nitrogens is 7. The molecule has 6 aromatic rings. The summed E-state index contributed by atoms with van der Waals surface area (Å²) in [5.74, 6) is 3.02. The van der Waals surface area contributed by atoms with Gasteiger partial charge in [0.2, 0.25) is 0 Å². The Bertz CT molecular complexity index is 1520. The first-order valence-electron chi connectivity index (χ1n) is 11.4. The molecule has 0 radical (unpaired) electrons. The van der Waals surface area contributed by atoms with E-state index in [9.17, 15) is 0 Å². The van der Waals surface area contributed by atoms with E-state index >= 15 is 0 Å². The molecule has 3 aromatic carbocycles. The zero-order valence-corrected chi connectivity index (χ0v) is 19.1. The fraction of sp³-hybridized carbons (Fsp3) is 0. The molecule has 0 unspecified atom stereocenters. The van der Waals surface area contributed by atoms with Crippen molar-refractivity contribution in [3.05, 3.63) is 116 Å². The summed E-state index contributed by atoms with van der Waals surface area (Å²) in [7, 11) is 0. The molecule has 0 fully saturated rings. The SMILES string of the molecule is c1ccc(-c2nc(-c3cccc(-c4ncccn4)c3)nc(-c3cccc(-c4ncccn4)c3)n2)cc1. The van der Waals surface area contributed by atoms with Gasteiger partial charge in [0.05, 0.1) is 0 Å². The fourth-order valence-corrected chi connectivity index (χ4v) is 3.84. The van der Waals surface area contributed by atoms with Crippen LogP contribution in [0.1, 0.15) is 0 Å². The molecule has 0 bridgehead atoms. The van der Waals surface area contributed by atoms with E-state index in [1.807, 2.05) is 78.9 Å². The molecule has 6 rings (SSSR count). The Morgan fingerprint density at radius 1 is 0.306 bits per heavy atom. The molecule has 7 heteroatoms. The average molecular weight is 466 g/mol. The summed E-state index contributed by atoms with van der Waals surface area (Å²) in [6.45, 7) is 0. The highest BCUT2D eigenvalue weighted by Crippen LogP contribution is 2.28. The number of rotatable bonds is 5. The molecule has 36 heavy (non-hydrogen) atoms. The lowest BCUT2D eigenvalue weighted by Gasteiger charge is -2.10. The minimum Gasteiger partial charge on any atom is -0.237 e. The predicted octanol–water partition coefficient (Wildman–Crippen LogP) is 5.79. The van der Waals surface area contributed by atoms with E-state index in [0.717, 1.165) is 27.8 Å². The Hall–Kier alpha value is -5.17. The molecule has 0 saturated carbocycles. The second-order valence-electron chi connectivity index (χ2n) is 7.98. The van der Waals surface area contributed by atoms with Crippen molar-refractivity contribution in [2.75, 3.05) is 0 Å². The summed E-state index contributed by atoms with van der Waals surface area (Å²) in [6.07, 6.45) is 6.92. The lowest BCUT2D eigenvalue weighted by molar-refractivity contribution is 1.07. The van der Waals surface area contributed by atoms with Crippen LogP contribution in [0.15, 0.2) is 116 Å². The largest absolute Gasteiger partial charge is 0.237 e. The molecule has 0 amide bonds. The molecule has 7 nitrogen and oxygen atoms in total. The van der Waals surface area contributed by atoms with Gasteiger partial charge in [0.1, 0.15) is 0 Å². The van der Waals surface area contributed by atoms with Crippen LogP contribution in [0.25, 0.3) is 56.9 Å². The highest BCUT2D eigenvalue weighted by atomic mass is 15.0. The monoisotopic (exact) mass is 465 g/mol. The van der Waals surface area contributed by atoms with Crippen LogP contribution in [0.5, 0.6) is 0 Å². The van der Waals surface area contributed by atoms with Gasteiger partial charge in [-0.25, -0.2) is 34.9 Å². The minimum absolute atomic E-state index is 0.568. The van der Waals surface area contributed by atoms with E-state index in [-0.39, 0.29) is 0 Å². The normalized spacial score (nSPS) is 10.8. The van der Waals surface area contributed by atoms with E-state index in [4.69, 9.17) is 15.0 Å². The van der Waals surface area contributed by atoms with Crippen LogP contribution in [-0.2, 0) is 0 Å². The van der Waals surface area contributed by atoms with E-state index in [1.54, 1.807) is 36.9 Å². The zero-order chi connectivity index (χ0) is 24.2. The summed E-state index contributed by atoms with van der Waals surface area (Å²) < 4.78 is 0. The predicted molar refractivity (Wildman–Crippen MR) is 138 cm³/mol. The number of nitrogens with zero attached hydrogens (tertiary/aromatic N) is 7. The highest BCUT2D eigenvalue weighted by molar-refractivity contribution is 5.71. The first-order chi connectivity index (χ1) is 17.8. The first-order valence-corrected chi connectivity index (χ1v) is 11.4. The van der Waals surface area contributed by atoms with Crippen molar-refractivity contribution in [3.8, 4) is 56.9 Å². The van der Waals surface area contributed by atoms with Crippen LogP contribution in [0.2, 0.25) is 0 Å². The molecule has 0 N–H and O–H groups in total. The molecule has 0 spiro atoms. The first kappa shape index (κ1) is 21.4. The van der Waals surface area contributed by atoms with Gasteiger partial charge < -0.3 is 0 Å². The molecular weight excluding hydrogens is 446 g/mol. The molecule has 0 atom stereocenters. The summed E-state index contributed by atoms with van der Waals surface area (Å²) in [5, 5.41) is 0. The van der Waals surface area contributed by atoms with Crippen molar-refractivity contribution in [1.29, 1.82) is 0 Å². The van der Waals surface area contributed by atoms with Gasteiger partial charge in [-0.05, 0) is 24.3 Å². The molecule has 0 aliphatic carbocycles. The van der Waals surface area contributed by atoms with E-state index in [0.29, 0.717) is 29.1 Å². The summed E-state index contributed by atoms with van der Waals surface area (Å²) in [4.78, 5) is 32.0. The second-order valence-corrected chi connectivity index (χ2v) is 7.98. The standard InChI is InChI=1S/C29H19N7/c1-2-8-20(9-3-1)27-34-28(23-12-4-10-21(18-23)25-30-14-6-15-31-25)36-29(35-27)24-13-5-11-22(19-24)26-32-16-7-17-33-26/h1-19H. The maximum atomic E-state index is 4.87. The van der Waals surface area contributed by atoms with E-state index in [1.165, 1.54) is 0 Å². The lowest BCUT2D eigenvalue weighted by Crippen LogP contribution is -2.00. The third-order valence-electron chi connectivity index (χ3n) is 5.56. The van der Waals surface area contributed by atoms with E-state index in [2.05, 4.69) is 19.9 Å². The zero-order valence-electron chi connectivity index (χ0n) is 19.1. The van der Waals surface area contributed by atoms with Gasteiger partial charge >= 0.3 is 0 Å². The Morgan fingerprint density at radius 2 is 0.667 bits per heavy atom. The molecular formula is C29H19N7. The quantitative estimate of drug-likeness (QED) is 0.318. The highest BCUT2D eigenvalue weighted by Gasteiger charge is 2.14. The topological polar surface area (TPSA) is 90.2 Å². The smallest absolute Gasteiger partial charge is 0.164 e. The van der Waals surface area contributed by atoms with Crippen molar-refractivity contribution in [2.24, 2.45) is 0 Å². The van der Waals surface area contributed by atoms with Gasteiger partial charge in [0, 0.05) is 52.6 Å². The minimum atomic E-state index is 0.568. The van der Waals surface area contributed by atoms with Crippen molar-refractivity contribution in [2.45, 2.75) is 0 Å². The van der Waals surface area contributed by atoms with Crippen molar-refractivity contribution in [1.82, 2.24) is 34.9 Å². The Balaban J connectivity index is 1.50. The molecule has 3 aromatic heterocycles. The Kier molecular flexibility index (Phi) is 5.70. The Morgan fingerprint density at radius 3 is 1.11 bits per heavy atom. The van der Waals surface area contributed by atoms with E-state index < -0.39 is 0 Å². The van der Waals surface area contributed by atoms with Crippen molar-refractivity contribution in [3.63, 3.8) is 0 Å². The molecule has 3 heterocycles. The maximum Gasteiger partial charge on any atom is 0.164 e. The Labute approximate surface area is 207 Å². The molecule has 0 saturated heterocycles. The third-order valence-corrected chi connectivity index (χ3v) is 5.56. The number of benzene rings is 3. The van der Waals surface area contributed by atoms with Crippen molar-refractivity contribution < 1.29 is 0 Å². The molecule has 170 valence electrons. The average Bonchev–Trinajstić information content (AvgIpc) is 2.98. The van der Waals surface area contributed by atoms with Crippen LogP contribution in [0, 0.1) is 0 Å². The van der Waals surface area contributed by atoms with Gasteiger partial charge in [-0.15, -0.1) is 0 Å². The van der Waals surface area contributed by atoms with Gasteiger partial charge in [-0.2, -0.15) is 0 Å². The van der Waals surface area contributed by atoms with Crippen LogP contribution in [-0.4, -0.2) is 34.9 Å². The summed E-state index contributed by atoms with van der Waals surface area (Å²) in [6, 6.07) is 29.3. The number of hydrogen-bond donors (Lipinski definition) is 0. The maximum absolute atomic E-state index is 4.87. The lowest BCUT2D eigenvalue weighted by atomic mass is 10.1. The second kappa shape index (κ2) is 9.60. The van der Waals surface area contributed by atoms with Gasteiger partial charge in [-0.3, -0.25) is 0 Å². The number of hydrogen-bond acceptors (Lipinski definition) is 7.